The van der Waals surface area contributed by atoms with Gasteiger partial charge in [0.2, 0.25) is 0 Å². The highest BCUT2D eigenvalue weighted by Gasteiger charge is 2.29. The Morgan fingerprint density at radius 2 is 2.35 bits per heavy atom. The summed E-state index contributed by atoms with van der Waals surface area (Å²) in [6.45, 7) is 1.60. The molecule has 1 aromatic carbocycles. The summed E-state index contributed by atoms with van der Waals surface area (Å²) < 4.78 is 13.6. The first-order chi connectivity index (χ1) is 9.67. The highest BCUT2D eigenvalue weighted by atomic mass is 32.2. The van der Waals surface area contributed by atoms with Crippen LogP contribution in [-0.2, 0) is 5.75 Å². The molecular weight excluding hydrogens is 275 g/mol. The third-order valence-corrected chi connectivity index (χ3v) is 4.27. The van der Waals surface area contributed by atoms with Crippen molar-refractivity contribution in [1.82, 2.24) is 10.2 Å². The lowest BCUT2D eigenvalue weighted by atomic mass is 10.1. The molecule has 20 heavy (non-hydrogen) atoms. The second kappa shape index (κ2) is 7.09. The van der Waals surface area contributed by atoms with E-state index in [2.05, 4.69) is 5.32 Å². The second-order valence-corrected chi connectivity index (χ2v) is 5.96. The number of nitrogens with one attached hydrogen (secondary N) is 1. The minimum atomic E-state index is -0.232. The number of carbonyl (C=O) groups excluding carboxylic acids is 1. The third kappa shape index (κ3) is 3.33. The number of nitrogens with zero attached hydrogens (tertiary/aromatic N) is 1. The van der Waals surface area contributed by atoms with E-state index in [-0.39, 0.29) is 17.8 Å². The van der Waals surface area contributed by atoms with Gasteiger partial charge in [0.25, 0.3) is 5.91 Å². The van der Waals surface area contributed by atoms with Crippen LogP contribution in [0.5, 0.6) is 0 Å². The van der Waals surface area contributed by atoms with E-state index in [1.165, 1.54) is 6.07 Å². The molecule has 1 N–H and O–H groups in total. The van der Waals surface area contributed by atoms with E-state index in [1.54, 1.807) is 23.9 Å². The first-order valence-electron chi connectivity index (χ1n) is 6.90. The fourth-order valence-corrected chi connectivity index (χ4v) is 3.22. The highest BCUT2D eigenvalue weighted by Crippen LogP contribution is 2.22. The van der Waals surface area contributed by atoms with Crippen molar-refractivity contribution in [2.24, 2.45) is 0 Å². The van der Waals surface area contributed by atoms with Crippen molar-refractivity contribution >= 4 is 17.7 Å². The zero-order valence-electron chi connectivity index (χ0n) is 12.0. The average molecular weight is 296 g/mol. The molecule has 1 heterocycles. The maximum absolute atomic E-state index is 13.6. The summed E-state index contributed by atoms with van der Waals surface area (Å²) in [7, 11) is 1.90. The maximum Gasteiger partial charge on any atom is 0.254 e. The summed E-state index contributed by atoms with van der Waals surface area (Å²) in [5.74, 6) is 0.376. The van der Waals surface area contributed by atoms with Gasteiger partial charge in [-0.1, -0.05) is 0 Å². The number of hydrogen-bond donors (Lipinski definition) is 1. The Hall–Kier alpha value is -1.07. The lowest BCUT2D eigenvalue weighted by Crippen LogP contribution is -2.40. The second-order valence-electron chi connectivity index (χ2n) is 5.09. The Labute approximate surface area is 123 Å². The number of thioether (sulfide) groups is 1. The predicted octanol–water partition coefficient (Wildman–Crippen LogP) is 2.51. The molecule has 0 aromatic heterocycles. The van der Waals surface area contributed by atoms with Gasteiger partial charge in [0, 0.05) is 30.4 Å². The molecule has 1 amide bonds. The van der Waals surface area contributed by atoms with Crippen molar-refractivity contribution < 1.29 is 9.18 Å². The topological polar surface area (TPSA) is 32.3 Å². The summed E-state index contributed by atoms with van der Waals surface area (Å²) >= 11 is 1.56. The number of benzene rings is 1. The van der Waals surface area contributed by atoms with Gasteiger partial charge in [-0.25, -0.2) is 4.39 Å². The molecule has 1 fully saturated rings. The molecule has 1 unspecified atom stereocenters. The van der Waals surface area contributed by atoms with Crippen LogP contribution in [0.15, 0.2) is 18.2 Å². The van der Waals surface area contributed by atoms with Crippen molar-refractivity contribution in [3.63, 3.8) is 0 Å². The molecule has 1 aromatic rings. The van der Waals surface area contributed by atoms with Crippen LogP contribution in [-0.4, -0.2) is 43.2 Å². The predicted molar refractivity (Wildman–Crippen MR) is 81.6 cm³/mol. The highest BCUT2D eigenvalue weighted by molar-refractivity contribution is 7.97. The fraction of sp³-hybridized carbons (Fsp3) is 0.533. The van der Waals surface area contributed by atoms with E-state index < -0.39 is 0 Å². The summed E-state index contributed by atoms with van der Waals surface area (Å²) in [5, 5.41) is 3.13. The van der Waals surface area contributed by atoms with E-state index in [0.29, 0.717) is 16.9 Å². The molecule has 3 nitrogen and oxygen atoms in total. The lowest BCUT2D eigenvalue weighted by molar-refractivity contribution is 0.0737. The third-order valence-electron chi connectivity index (χ3n) is 3.67. The van der Waals surface area contributed by atoms with Crippen molar-refractivity contribution in [3.8, 4) is 0 Å². The zero-order chi connectivity index (χ0) is 14.5. The Bertz CT molecular complexity index is 481. The van der Waals surface area contributed by atoms with E-state index in [1.807, 2.05) is 18.2 Å². The zero-order valence-corrected chi connectivity index (χ0v) is 12.8. The van der Waals surface area contributed by atoms with Crippen LogP contribution in [0.4, 0.5) is 4.39 Å². The standard InChI is InChI=1S/C15H21FN2OS/c1-17-9-13-4-3-7-18(13)15(19)11-5-6-14(16)12(8-11)10-20-2/h5-6,8,13,17H,3-4,7,9-10H2,1-2H3. The van der Waals surface area contributed by atoms with Gasteiger partial charge in [-0.15, -0.1) is 0 Å². The minimum absolute atomic E-state index is 0.0186. The first-order valence-corrected chi connectivity index (χ1v) is 8.29. The average Bonchev–Trinajstić information content (AvgIpc) is 2.89. The lowest BCUT2D eigenvalue weighted by Gasteiger charge is -2.24. The molecule has 1 aliphatic heterocycles. The van der Waals surface area contributed by atoms with E-state index in [9.17, 15) is 9.18 Å². The number of likely N-dealkylation sites (tertiary alicyclic amines) is 1. The molecule has 0 spiro atoms. The van der Waals surface area contributed by atoms with Crippen molar-refractivity contribution in [1.29, 1.82) is 0 Å². The van der Waals surface area contributed by atoms with E-state index in [4.69, 9.17) is 0 Å². The Morgan fingerprint density at radius 3 is 3.05 bits per heavy atom. The maximum atomic E-state index is 13.6. The largest absolute Gasteiger partial charge is 0.334 e. The monoisotopic (exact) mass is 296 g/mol. The van der Waals surface area contributed by atoms with Crippen LogP contribution in [0.2, 0.25) is 0 Å². The SMILES string of the molecule is CNCC1CCCN1C(=O)c1ccc(F)c(CSC)c1. The minimum Gasteiger partial charge on any atom is -0.334 e. The quantitative estimate of drug-likeness (QED) is 0.906. The van der Waals surface area contributed by atoms with Crippen LogP contribution < -0.4 is 5.32 Å². The number of likely N-dealkylation sites (N-methyl/N-ethyl adjacent to an activating group) is 1. The number of hydrogen-bond acceptors (Lipinski definition) is 3. The first kappa shape index (κ1) is 15.3. The number of halogens is 1. The van der Waals surface area contributed by atoms with Gasteiger partial charge in [0.15, 0.2) is 0 Å². The summed E-state index contributed by atoms with van der Waals surface area (Å²) in [5.41, 5.74) is 1.20. The summed E-state index contributed by atoms with van der Waals surface area (Å²) in [4.78, 5) is 14.5. The van der Waals surface area contributed by atoms with Gasteiger partial charge in [-0.2, -0.15) is 11.8 Å². The molecule has 1 saturated heterocycles. The molecule has 2 rings (SSSR count). The van der Waals surface area contributed by atoms with E-state index in [0.717, 1.165) is 25.9 Å². The van der Waals surface area contributed by atoms with Crippen LogP contribution in [0.25, 0.3) is 0 Å². The number of carbonyl (C=O) groups is 1. The van der Waals surface area contributed by atoms with Gasteiger partial charge in [-0.3, -0.25) is 4.79 Å². The van der Waals surface area contributed by atoms with Gasteiger partial charge in [0.05, 0.1) is 0 Å². The van der Waals surface area contributed by atoms with E-state index >= 15 is 0 Å². The molecule has 0 aliphatic carbocycles. The Morgan fingerprint density at radius 1 is 1.55 bits per heavy atom. The number of amides is 1. The van der Waals surface area contributed by atoms with Crippen LogP contribution in [0.1, 0.15) is 28.8 Å². The summed E-state index contributed by atoms with van der Waals surface area (Å²) in [6, 6.07) is 4.95. The molecule has 110 valence electrons. The number of rotatable bonds is 5. The molecular formula is C15H21FN2OS. The fourth-order valence-electron chi connectivity index (χ4n) is 2.69. The van der Waals surface area contributed by atoms with Crippen molar-refractivity contribution in [3.05, 3.63) is 35.1 Å². The Balaban J connectivity index is 2.18. The molecule has 1 aliphatic rings. The van der Waals surface area contributed by atoms with Gasteiger partial charge >= 0.3 is 0 Å². The van der Waals surface area contributed by atoms with Crippen molar-refractivity contribution in [2.45, 2.75) is 24.6 Å². The van der Waals surface area contributed by atoms with Gasteiger partial charge < -0.3 is 10.2 Å². The smallest absolute Gasteiger partial charge is 0.254 e. The normalized spacial score (nSPS) is 18.6. The van der Waals surface area contributed by atoms with Crippen LogP contribution in [0.3, 0.4) is 0 Å². The summed E-state index contributed by atoms with van der Waals surface area (Å²) in [6.07, 6.45) is 4.00. The van der Waals surface area contributed by atoms with Crippen LogP contribution in [0, 0.1) is 5.82 Å². The molecule has 5 heteroatoms. The van der Waals surface area contributed by atoms with Gasteiger partial charge in [0.1, 0.15) is 5.82 Å². The molecule has 1 atom stereocenters. The van der Waals surface area contributed by atoms with Crippen molar-refractivity contribution in [2.75, 3.05) is 26.4 Å². The molecule has 0 saturated carbocycles. The Kier molecular flexibility index (Phi) is 5.43. The molecule has 0 bridgehead atoms. The van der Waals surface area contributed by atoms with Gasteiger partial charge in [-0.05, 0) is 49.9 Å². The van der Waals surface area contributed by atoms with Crippen LogP contribution >= 0.6 is 11.8 Å². The molecule has 0 radical (unpaired) electrons.